The summed E-state index contributed by atoms with van der Waals surface area (Å²) in [6, 6.07) is 6.89. The number of Topliss-reactive ketones (excluding diaryl/α,β-unsaturated/α-hetero) is 1. The smallest absolute Gasteiger partial charge is 0.228 e. The van der Waals surface area contributed by atoms with E-state index in [1.54, 1.807) is 24.4 Å². The molecule has 1 amide bonds. The predicted octanol–water partition coefficient (Wildman–Crippen LogP) is 1.85. The van der Waals surface area contributed by atoms with Crippen molar-refractivity contribution in [2.45, 2.75) is 13.8 Å². The van der Waals surface area contributed by atoms with E-state index in [1.807, 2.05) is 13.0 Å². The fourth-order valence-electron chi connectivity index (χ4n) is 2.28. The minimum absolute atomic E-state index is 0.0288. The van der Waals surface area contributed by atoms with Crippen LogP contribution < -0.4 is 5.32 Å². The molecular weight excluding hydrogens is 294 g/mol. The zero-order chi connectivity index (χ0) is 16.6. The number of pyridine rings is 2. The molecule has 3 rings (SSSR count). The molecule has 0 bridgehead atoms. The molecule has 114 valence electrons. The molecule has 2 aromatic rings. The molecule has 1 N–H and O–H groups in total. The first-order valence-electron chi connectivity index (χ1n) is 6.98. The summed E-state index contributed by atoms with van der Waals surface area (Å²) in [5, 5.41) is 2.37. The lowest BCUT2D eigenvalue weighted by Crippen LogP contribution is -2.30. The normalized spacial score (nSPS) is 13.4. The third kappa shape index (κ3) is 2.78. The number of nitrogens with one attached hydrogen (secondary N) is 1. The molecule has 0 radical (unpaired) electrons. The molecule has 1 aliphatic carbocycles. The number of fused-ring (bicyclic) bond motifs is 1. The lowest BCUT2D eigenvalue weighted by molar-refractivity contribution is -0.118. The second-order valence-corrected chi connectivity index (χ2v) is 5.25. The van der Waals surface area contributed by atoms with Crippen LogP contribution in [0.3, 0.4) is 0 Å². The largest absolute Gasteiger partial charge is 0.323 e. The van der Waals surface area contributed by atoms with Gasteiger partial charge in [-0.1, -0.05) is 6.07 Å². The number of amides is 1. The van der Waals surface area contributed by atoms with Crippen molar-refractivity contribution in [2.24, 2.45) is 0 Å². The van der Waals surface area contributed by atoms with Gasteiger partial charge >= 0.3 is 0 Å². The number of allylic oxidation sites excluding steroid dienone is 2. The quantitative estimate of drug-likeness (QED) is 0.914. The monoisotopic (exact) mass is 307 g/mol. The maximum Gasteiger partial charge on any atom is 0.228 e. The lowest BCUT2D eigenvalue weighted by atomic mass is 9.96. The predicted molar refractivity (Wildman–Crippen MR) is 82.8 cm³/mol. The van der Waals surface area contributed by atoms with Crippen LogP contribution in [0.15, 0.2) is 42.2 Å². The van der Waals surface area contributed by atoms with Crippen molar-refractivity contribution in [2.75, 3.05) is 0 Å². The molecule has 2 heterocycles. The SMILES string of the molecule is CC(=O)NC1=CC(=O)c2ccc(-c3ccc(C)cn3)nc2C1=O. The Hall–Kier alpha value is -3.15. The fourth-order valence-corrected chi connectivity index (χ4v) is 2.28. The molecule has 23 heavy (non-hydrogen) atoms. The van der Waals surface area contributed by atoms with Gasteiger partial charge in [-0.25, -0.2) is 4.98 Å². The number of hydrogen-bond acceptors (Lipinski definition) is 5. The van der Waals surface area contributed by atoms with Crippen LogP contribution in [0.2, 0.25) is 0 Å². The van der Waals surface area contributed by atoms with Crippen molar-refractivity contribution < 1.29 is 14.4 Å². The average molecular weight is 307 g/mol. The number of nitrogens with zero attached hydrogens (tertiary/aromatic N) is 2. The van der Waals surface area contributed by atoms with Crippen LogP contribution in [0, 0.1) is 6.92 Å². The van der Waals surface area contributed by atoms with Crippen LogP contribution >= 0.6 is 0 Å². The Bertz CT molecular complexity index is 867. The number of carbonyl (C=O) groups is 3. The topological polar surface area (TPSA) is 89.0 Å². The second-order valence-electron chi connectivity index (χ2n) is 5.25. The van der Waals surface area contributed by atoms with Crippen LogP contribution in [0.5, 0.6) is 0 Å². The zero-order valence-electron chi connectivity index (χ0n) is 12.6. The van der Waals surface area contributed by atoms with Gasteiger partial charge in [0, 0.05) is 19.2 Å². The number of aromatic nitrogens is 2. The van der Waals surface area contributed by atoms with Crippen LogP contribution in [0.4, 0.5) is 0 Å². The average Bonchev–Trinajstić information content (AvgIpc) is 2.52. The first-order valence-corrected chi connectivity index (χ1v) is 6.98. The van der Waals surface area contributed by atoms with Gasteiger partial charge in [-0.15, -0.1) is 0 Å². The van der Waals surface area contributed by atoms with Gasteiger partial charge in [0.2, 0.25) is 11.7 Å². The first-order chi connectivity index (χ1) is 11.0. The molecule has 0 aliphatic heterocycles. The van der Waals surface area contributed by atoms with Crippen molar-refractivity contribution in [1.29, 1.82) is 0 Å². The molecule has 0 unspecified atom stereocenters. The Kier molecular flexibility index (Phi) is 3.57. The summed E-state index contributed by atoms with van der Waals surface area (Å²) in [4.78, 5) is 44.2. The van der Waals surface area contributed by atoms with Gasteiger partial charge in [-0.2, -0.15) is 0 Å². The molecule has 1 aliphatic rings. The summed E-state index contributed by atoms with van der Waals surface area (Å²) >= 11 is 0. The van der Waals surface area contributed by atoms with E-state index in [9.17, 15) is 14.4 Å². The summed E-state index contributed by atoms with van der Waals surface area (Å²) in [5.41, 5.74) is 2.30. The summed E-state index contributed by atoms with van der Waals surface area (Å²) in [6.45, 7) is 3.19. The third-order valence-electron chi connectivity index (χ3n) is 3.38. The molecule has 6 nitrogen and oxygen atoms in total. The molecule has 0 saturated heterocycles. The number of rotatable bonds is 2. The van der Waals surface area contributed by atoms with Crippen molar-refractivity contribution in [3.8, 4) is 11.4 Å². The van der Waals surface area contributed by atoms with Crippen LogP contribution in [0.25, 0.3) is 11.4 Å². The van der Waals surface area contributed by atoms with Gasteiger partial charge in [0.1, 0.15) is 5.69 Å². The maximum atomic E-state index is 12.4. The van der Waals surface area contributed by atoms with Gasteiger partial charge < -0.3 is 5.32 Å². The number of carbonyl (C=O) groups excluding carboxylic acids is 3. The minimum atomic E-state index is -0.483. The molecular formula is C17H13N3O3. The van der Waals surface area contributed by atoms with Crippen molar-refractivity contribution in [1.82, 2.24) is 15.3 Å². The molecule has 0 saturated carbocycles. The number of ketones is 2. The van der Waals surface area contributed by atoms with Crippen molar-refractivity contribution in [3.63, 3.8) is 0 Å². The summed E-state index contributed by atoms with van der Waals surface area (Å²) in [5.74, 6) is -1.26. The van der Waals surface area contributed by atoms with E-state index >= 15 is 0 Å². The molecule has 0 fully saturated rings. The summed E-state index contributed by atoms with van der Waals surface area (Å²) in [6.07, 6.45) is 2.82. The first kappa shape index (κ1) is 14.8. The van der Waals surface area contributed by atoms with Gasteiger partial charge in [0.15, 0.2) is 5.78 Å². The minimum Gasteiger partial charge on any atom is -0.323 e. The molecule has 2 aromatic heterocycles. The number of aryl methyl sites for hydroxylation is 1. The van der Waals surface area contributed by atoms with Gasteiger partial charge in [0.25, 0.3) is 0 Å². The Balaban J connectivity index is 2.05. The maximum absolute atomic E-state index is 12.4. The van der Waals surface area contributed by atoms with Crippen molar-refractivity contribution in [3.05, 3.63) is 59.1 Å². The summed E-state index contributed by atoms with van der Waals surface area (Å²) < 4.78 is 0. The highest BCUT2D eigenvalue weighted by Crippen LogP contribution is 2.23. The van der Waals surface area contributed by atoms with E-state index in [1.165, 1.54) is 6.92 Å². The van der Waals surface area contributed by atoms with E-state index < -0.39 is 11.7 Å². The highest BCUT2D eigenvalue weighted by molar-refractivity contribution is 6.24. The standard InChI is InChI=1S/C17H13N3O3/c1-9-3-5-12(18-8-9)13-6-4-11-15(22)7-14(19-10(2)21)17(23)16(11)20-13/h3-8H,1-2H3,(H,19,21). The Morgan fingerprint density at radius 1 is 1.09 bits per heavy atom. The Morgan fingerprint density at radius 3 is 2.48 bits per heavy atom. The Labute approximate surface area is 132 Å². The summed E-state index contributed by atoms with van der Waals surface area (Å²) in [7, 11) is 0. The van der Waals surface area contributed by atoms with Gasteiger partial charge in [-0.05, 0) is 30.7 Å². The highest BCUT2D eigenvalue weighted by atomic mass is 16.2. The van der Waals surface area contributed by atoms with Crippen molar-refractivity contribution >= 4 is 17.5 Å². The highest BCUT2D eigenvalue weighted by Gasteiger charge is 2.28. The van der Waals surface area contributed by atoms with E-state index in [0.717, 1.165) is 11.6 Å². The van der Waals surface area contributed by atoms with E-state index in [-0.39, 0.29) is 22.7 Å². The third-order valence-corrected chi connectivity index (χ3v) is 3.38. The molecule has 0 spiro atoms. The lowest BCUT2D eigenvalue weighted by Gasteiger charge is -2.15. The Morgan fingerprint density at radius 2 is 1.83 bits per heavy atom. The molecule has 0 aromatic carbocycles. The number of hydrogen-bond donors (Lipinski definition) is 1. The van der Waals surface area contributed by atoms with E-state index in [4.69, 9.17) is 0 Å². The second kappa shape index (κ2) is 5.57. The van der Waals surface area contributed by atoms with Gasteiger partial charge in [0.05, 0.1) is 22.6 Å². The fraction of sp³-hybridized carbons (Fsp3) is 0.118. The van der Waals surface area contributed by atoms with E-state index in [2.05, 4.69) is 15.3 Å². The van der Waals surface area contributed by atoms with E-state index in [0.29, 0.717) is 11.4 Å². The zero-order valence-corrected chi connectivity index (χ0v) is 12.6. The molecule has 6 heteroatoms. The molecule has 0 atom stereocenters. The van der Waals surface area contributed by atoms with Crippen LogP contribution in [-0.2, 0) is 4.79 Å². The van der Waals surface area contributed by atoms with Gasteiger partial charge in [-0.3, -0.25) is 19.4 Å². The van der Waals surface area contributed by atoms with Crippen LogP contribution in [-0.4, -0.2) is 27.4 Å². The van der Waals surface area contributed by atoms with Crippen LogP contribution in [0.1, 0.15) is 33.3 Å².